The molecule has 0 aromatic carbocycles. The number of carbonyl (C=O) groups is 1. The Morgan fingerprint density at radius 1 is 1.42 bits per heavy atom. The van der Waals surface area contributed by atoms with Gasteiger partial charge in [0, 0.05) is 30.6 Å². The van der Waals surface area contributed by atoms with E-state index in [2.05, 4.69) is 15.3 Å². The lowest BCUT2D eigenvalue weighted by atomic mass is 10.3. The Labute approximate surface area is 140 Å². The third-order valence-electron chi connectivity index (χ3n) is 3.47. The van der Waals surface area contributed by atoms with Gasteiger partial charge in [0.2, 0.25) is 5.91 Å². The first-order chi connectivity index (χ1) is 11.5. The van der Waals surface area contributed by atoms with Crippen LogP contribution in [0.5, 0.6) is 5.75 Å². The minimum Gasteiger partial charge on any atom is -0.487 e. The van der Waals surface area contributed by atoms with E-state index in [1.54, 1.807) is 25.4 Å². The number of amides is 1. The van der Waals surface area contributed by atoms with Crippen molar-refractivity contribution in [3.05, 3.63) is 52.5 Å². The van der Waals surface area contributed by atoms with Gasteiger partial charge in [-0.15, -0.1) is 0 Å². The van der Waals surface area contributed by atoms with Crippen molar-refractivity contribution in [3.8, 4) is 5.75 Å². The van der Waals surface area contributed by atoms with Crippen LogP contribution in [0.25, 0.3) is 0 Å². The summed E-state index contributed by atoms with van der Waals surface area (Å²) in [6.45, 7) is 6.16. The topological polar surface area (TPSA) is 86.1 Å². The van der Waals surface area contributed by atoms with Crippen molar-refractivity contribution < 1.29 is 9.53 Å². The van der Waals surface area contributed by atoms with E-state index < -0.39 is 0 Å². The highest BCUT2D eigenvalue weighted by Crippen LogP contribution is 2.08. The fraction of sp³-hybridized carbons (Fsp3) is 0.412. The number of hydrogen-bond donors (Lipinski definition) is 1. The van der Waals surface area contributed by atoms with Gasteiger partial charge in [0.1, 0.15) is 11.9 Å². The molecule has 0 bridgehead atoms. The largest absolute Gasteiger partial charge is 0.487 e. The van der Waals surface area contributed by atoms with Crippen molar-refractivity contribution in [1.29, 1.82) is 0 Å². The molecule has 0 saturated heterocycles. The van der Waals surface area contributed by atoms with E-state index in [0.29, 0.717) is 24.5 Å². The Morgan fingerprint density at radius 3 is 2.88 bits per heavy atom. The maximum atomic E-state index is 11.9. The van der Waals surface area contributed by atoms with Crippen molar-refractivity contribution in [2.24, 2.45) is 0 Å². The van der Waals surface area contributed by atoms with Gasteiger partial charge in [0.25, 0.3) is 0 Å². The number of nitrogens with one attached hydrogen (secondary N) is 1. The number of aryl methyl sites for hydroxylation is 2. The number of carbonyl (C=O) groups excluding carboxylic acids is 1. The van der Waals surface area contributed by atoms with Crippen molar-refractivity contribution in [1.82, 2.24) is 19.9 Å². The van der Waals surface area contributed by atoms with Crippen molar-refractivity contribution in [3.63, 3.8) is 0 Å². The van der Waals surface area contributed by atoms with Crippen molar-refractivity contribution in [2.45, 2.75) is 39.8 Å². The van der Waals surface area contributed by atoms with Gasteiger partial charge >= 0.3 is 5.69 Å². The molecule has 2 aromatic heterocycles. The summed E-state index contributed by atoms with van der Waals surface area (Å²) in [6, 6.07) is 5.42. The summed E-state index contributed by atoms with van der Waals surface area (Å²) in [6.07, 6.45) is 3.33. The second-order valence-corrected chi connectivity index (χ2v) is 5.64. The molecule has 128 valence electrons. The van der Waals surface area contributed by atoms with Crippen LogP contribution in [-0.4, -0.2) is 33.1 Å². The van der Waals surface area contributed by atoms with Gasteiger partial charge in [-0.3, -0.25) is 14.3 Å². The SMILES string of the molecule is Cc1cc(C)n(CCC(=O)NC[C@H](C)Oc2cccnc2)c(=O)n1. The summed E-state index contributed by atoms with van der Waals surface area (Å²) in [5, 5.41) is 2.80. The highest BCUT2D eigenvalue weighted by molar-refractivity contribution is 5.75. The van der Waals surface area contributed by atoms with Crippen LogP contribution < -0.4 is 15.7 Å². The number of pyridine rings is 1. The maximum Gasteiger partial charge on any atom is 0.347 e. The molecule has 0 saturated carbocycles. The first-order valence-electron chi connectivity index (χ1n) is 7.84. The van der Waals surface area contributed by atoms with Gasteiger partial charge in [-0.05, 0) is 39.0 Å². The second kappa shape index (κ2) is 8.24. The quantitative estimate of drug-likeness (QED) is 0.825. The van der Waals surface area contributed by atoms with E-state index in [1.807, 2.05) is 26.0 Å². The van der Waals surface area contributed by atoms with E-state index in [4.69, 9.17) is 4.74 Å². The van der Waals surface area contributed by atoms with E-state index in [-0.39, 0.29) is 24.1 Å². The average molecular weight is 330 g/mol. The number of hydrogen-bond acceptors (Lipinski definition) is 5. The Bertz CT molecular complexity index is 743. The lowest BCUT2D eigenvalue weighted by molar-refractivity contribution is -0.121. The highest BCUT2D eigenvalue weighted by atomic mass is 16.5. The number of aromatic nitrogens is 3. The smallest absolute Gasteiger partial charge is 0.347 e. The van der Waals surface area contributed by atoms with E-state index in [0.717, 1.165) is 5.69 Å². The van der Waals surface area contributed by atoms with Gasteiger partial charge < -0.3 is 10.1 Å². The first-order valence-corrected chi connectivity index (χ1v) is 7.84. The zero-order chi connectivity index (χ0) is 17.5. The molecule has 0 spiro atoms. The Balaban J connectivity index is 1.79. The molecule has 1 amide bonds. The molecule has 0 aliphatic carbocycles. The van der Waals surface area contributed by atoms with Crippen LogP contribution in [0.1, 0.15) is 24.7 Å². The molecular formula is C17H22N4O3. The molecule has 24 heavy (non-hydrogen) atoms. The summed E-state index contributed by atoms with van der Waals surface area (Å²) >= 11 is 0. The van der Waals surface area contributed by atoms with Gasteiger partial charge in [-0.2, -0.15) is 4.98 Å². The van der Waals surface area contributed by atoms with Crippen LogP contribution >= 0.6 is 0 Å². The molecule has 0 fully saturated rings. The van der Waals surface area contributed by atoms with Crippen LogP contribution in [0, 0.1) is 13.8 Å². The predicted octanol–water partition coefficient (Wildman–Crippen LogP) is 1.23. The molecule has 1 N–H and O–H groups in total. The second-order valence-electron chi connectivity index (χ2n) is 5.64. The molecule has 2 rings (SSSR count). The number of rotatable bonds is 7. The van der Waals surface area contributed by atoms with Gasteiger partial charge in [0.05, 0.1) is 12.7 Å². The summed E-state index contributed by atoms with van der Waals surface area (Å²) in [5.74, 6) is 0.524. The third kappa shape index (κ3) is 5.19. The molecule has 0 aliphatic rings. The fourth-order valence-electron chi connectivity index (χ4n) is 2.30. The molecule has 1 atom stereocenters. The van der Waals surface area contributed by atoms with Gasteiger partial charge in [0.15, 0.2) is 0 Å². The molecule has 0 unspecified atom stereocenters. The molecule has 0 aliphatic heterocycles. The van der Waals surface area contributed by atoms with Gasteiger partial charge in [-0.1, -0.05) is 0 Å². The Hall–Kier alpha value is -2.70. The average Bonchev–Trinajstić information content (AvgIpc) is 2.53. The molecule has 7 heteroatoms. The minimum absolute atomic E-state index is 0.136. The lowest BCUT2D eigenvalue weighted by Gasteiger charge is -2.15. The first kappa shape index (κ1) is 17.7. The molecule has 2 aromatic rings. The maximum absolute atomic E-state index is 11.9. The van der Waals surface area contributed by atoms with Crippen LogP contribution in [0.4, 0.5) is 0 Å². The number of ether oxygens (including phenoxy) is 1. The third-order valence-corrected chi connectivity index (χ3v) is 3.47. The van der Waals surface area contributed by atoms with Crippen LogP contribution in [0.2, 0.25) is 0 Å². The molecule has 7 nitrogen and oxygen atoms in total. The normalized spacial score (nSPS) is 11.8. The summed E-state index contributed by atoms with van der Waals surface area (Å²) in [4.78, 5) is 31.6. The highest BCUT2D eigenvalue weighted by Gasteiger charge is 2.09. The predicted molar refractivity (Wildman–Crippen MR) is 89.9 cm³/mol. The van der Waals surface area contributed by atoms with E-state index in [1.165, 1.54) is 4.57 Å². The molecule has 0 radical (unpaired) electrons. The Kier molecular flexibility index (Phi) is 6.06. The molecular weight excluding hydrogens is 308 g/mol. The molecule has 2 heterocycles. The zero-order valence-corrected chi connectivity index (χ0v) is 14.2. The van der Waals surface area contributed by atoms with Crippen LogP contribution in [-0.2, 0) is 11.3 Å². The number of nitrogens with zero attached hydrogens (tertiary/aromatic N) is 3. The standard InChI is InChI=1S/C17H22N4O3/c1-12-9-13(2)21(17(23)20-12)8-6-16(22)19-10-14(3)24-15-5-4-7-18-11-15/h4-5,7,9,11,14H,6,8,10H2,1-3H3,(H,19,22)/t14-/m0/s1. The zero-order valence-electron chi connectivity index (χ0n) is 14.2. The lowest BCUT2D eigenvalue weighted by Crippen LogP contribution is -2.35. The summed E-state index contributed by atoms with van der Waals surface area (Å²) in [5.41, 5.74) is 1.15. The Morgan fingerprint density at radius 2 is 2.21 bits per heavy atom. The van der Waals surface area contributed by atoms with Crippen molar-refractivity contribution in [2.75, 3.05) is 6.54 Å². The minimum atomic E-state index is -0.325. The van der Waals surface area contributed by atoms with E-state index in [9.17, 15) is 9.59 Å². The van der Waals surface area contributed by atoms with E-state index >= 15 is 0 Å². The summed E-state index contributed by atoms with van der Waals surface area (Å²) in [7, 11) is 0. The van der Waals surface area contributed by atoms with Crippen LogP contribution in [0.3, 0.4) is 0 Å². The monoisotopic (exact) mass is 330 g/mol. The van der Waals surface area contributed by atoms with Crippen molar-refractivity contribution >= 4 is 5.91 Å². The van der Waals surface area contributed by atoms with Crippen LogP contribution in [0.15, 0.2) is 35.4 Å². The summed E-state index contributed by atoms with van der Waals surface area (Å²) < 4.78 is 7.14. The fourth-order valence-corrected chi connectivity index (χ4v) is 2.30. The van der Waals surface area contributed by atoms with Gasteiger partial charge in [-0.25, -0.2) is 4.79 Å².